The Morgan fingerprint density at radius 3 is 2.88 bits per heavy atom. The average molecular weight is 335 g/mol. The lowest BCUT2D eigenvalue weighted by Crippen LogP contribution is -2.18. The van der Waals surface area contributed by atoms with Crippen molar-refractivity contribution in [3.8, 4) is 0 Å². The zero-order valence-electron chi connectivity index (χ0n) is 14.2. The minimum absolute atomic E-state index is 0.0162. The number of ether oxygens (including phenoxy) is 1. The molecule has 0 radical (unpaired) electrons. The average Bonchev–Trinajstić information content (AvgIpc) is 3.06. The highest BCUT2D eigenvalue weighted by Crippen LogP contribution is 2.28. The van der Waals surface area contributed by atoms with E-state index in [9.17, 15) is 4.79 Å². The van der Waals surface area contributed by atoms with Crippen LogP contribution in [0.15, 0.2) is 48.7 Å². The number of aromatic nitrogens is 2. The van der Waals surface area contributed by atoms with Crippen LogP contribution in [0.3, 0.4) is 0 Å². The molecular weight excluding hydrogens is 314 g/mol. The number of Topliss-reactive ketones (excluding diaryl/α,β-unsaturated/α-hetero) is 1. The fourth-order valence-electron chi connectivity index (χ4n) is 3.24. The van der Waals surface area contributed by atoms with Crippen LogP contribution < -0.4 is 5.32 Å². The summed E-state index contributed by atoms with van der Waals surface area (Å²) in [5.74, 6) is 0.0617. The van der Waals surface area contributed by atoms with E-state index in [1.807, 2.05) is 41.2 Å². The fraction of sp³-hybridized carbons (Fsp3) is 0.300. The molecule has 0 spiro atoms. The molecular formula is C20H21N3O2. The van der Waals surface area contributed by atoms with Gasteiger partial charge in [0.1, 0.15) is 0 Å². The Labute approximate surface area is 146 Å². The summed E-state index contributed by atoms with van der Waals surface area (Å²) in [6, 6.07) is 13.7. The largest absolute Gasteiger partial charge is 0.356 e. The summed E-state index contributed by atoms with van der Waals surface area (Å²) in [7, 11) is 0. The lowest BCUT2D eigenvalue weighted by atomic mass is 10.1. The van der Waals surface area contributed by atoms with E-state index in [2.05, 4.69) is 22.5 Å². The van der Waals surface area contributed by atoms with Crippen LogP contribution in [0.1, 0.15) is 42.8 Å². The van der Waals surface area contributed by atoms with Crippen molar-refractivity contribution in [3.05, 3.63) is 54.2 Å². The number of benzene rings is 2. The molecule has 25 heavy (non-hydrogen) atoms. The number of anilines is 2. The van der Waals surface area contributed by atoms with Crippen LogP contribution >= 0.6 is 0 Å². The van der Waals surface area contributed by atoms with E-state index in [1.165, 1.54) is 6.42 Å². The highest BCUT2D eigenvalue weighted by molar-refractivity contribution is 5.95. The summed E-state index contributed by atoms with van der Waals surface area (Å²) in [6.07, 6.45) is 5.18. The van der Waals surface area contributed by atoms with Gasteiger partial charge in [0.05, 0.1) is 11.7 Å². The van der Waals surface area contributed by atoms with Crippen molar-refractivity contribution >= 4 is 28.1 Å². The second kappa shape index (κ2) is 6.69. The number of ketones is 1. The normalized spacial score (nSPS) is 17.6. The standard InChI is InChI=1S/C20H21N3O2/c1-14(24)15-5-4-6-17(11-15)22-18-9-8-16-13-21-23(19(16)12-18)20-7-2-3-10-25-20/h4-6,8-9,11-13,20,22H,2-3,7,10H2,1H3. The number of nitrogens with one attached hydrogen (secondary N) is 1. The number of fused-ring (bicyclic) bond motifs is 1. The monoisotopic (exact) mass is 335 g/mol. The van der Waals surface area contributed by atoms with Crippen LogP contribution in [0.4, 0.5) is 11.4 Å². The van der Waals surface area contributed by atoms with E-state index in [4.69, 9.17) is 4.74 Å². The van der Waals surface area contributed by atoms with Crippen LogP contribution in [0.25, 0.3) is 10.9 Å². The predicted octanol–water partition coefficient (Wildman–Crippen LogP) is 4.68. The SMILES string of the molecule is CC(=O)c1cccc(Nc2ccc3cnn(C4CCCCO4)c3c2)c1. The molecule has 1 aliphatic heterocycles. The van der Waals surface area contributed by atoms with E-state index in [1.54, 1.807) is 6.92 Å². The Balaban J connectivity index is 1.64. The van der Waals surface area contributed by atoms with E-state index in [0.717, 1.165) is 41.7 Å². The molecule has 1 aromatic heterocycles. The van der Waals surface area contributed by atoms with Crippen molar-refractivity contribution in [1.29, 1.82) is 0 Å². The molecule has 2 heterocycles. The maximum absolute atomic E-state index is 11.6. The molecule has 0 bridgehead atoms. The minimum atomic E-state index is 0.0162. The quantitative estimate of drug-likeness (QED) is 0.703. The number of carbonyl (C=O) groups excluding carboxylic acids is 1. The molecule has 0 aliphatic carbocycles. The van der Waals surface area contributed by atoms with Gasteiger partial charge < -0.3 is 10.1 Å². The van der Waals surface area contributed by atoms with Gasteiger partial charge in [0, 0.05) is 28.9 Å². The maximum atomic E-state index is 11.6. The number of rotatable bonds is 4. The Morgan fingerprint density at radius 2 is 2.08 bits per heavy atom. The molecule has 1 aliphatic rings. The number of carbonyl (C=O) groups is 1. The molecule has 1 N–H and O–H groups in total. The molecule has 0 amide bonds. The van der Waals surface area contributed by atoms with Crippen LogP contribution in [0.2, 0.25) is 0 Å². The minimum Gasteiger partial charge on any atom is -0.356 e. The molecule has 2 aromatic carbocycles. The Hall–Kier alpha value is -2.66. The van der Waals surface area contributed by atoms with Gasteiger partial charge in [-0.3, -0.25) is 4.79 Å². The lowest BCUT2D eigenvalue weighted by molar-refractivity contribution is -0.0366. The summed E-state index contributed by atoms with van der Waals surface area (Å²) in [5.41, 5.74) is 3.61. The Morgan fingerprint density at radius 1 is 1.20 bits per heavy atom. The van der Waals surface area contributed by atoms with Gasteiger partial charge in [-0.1, -0.05) is 12.1 Å². The molecule has 1 atom stereocenters. The van der Waals surface area contributed by atoms with Gasteiger partial charge in [0.15, 0.2) is 12.0 Å². The molecule has 128 valence electrons. The molecule has 4 rings (SSSR count). The molecule has 1 saturated heterocycles. The van der Waals surface area contributed by atoms with Crippen molar-refractivity contribution in [2.24, 2.45) is 0 Å². The van der Waals surface area contributed by atoms with Crippen molar-refractivity contribution in [2.45, 2.75) is 32.4 Å². The van der Waals surface area contributed by atoms with Crippen molar-refractivity contribution in [1.82, 2.24) is 9.78 Å². The van der Waals surface area contributed by atoms with Gasteiger partial charge in [-0.2, -0.15) is 5.10 Å². The van der Waals surface area contributed by atoms with E-state index in [0.29, 0.717) is 5.56 Å². The number of nitrogens with zero attached hydrogens (tertiary/aromatic N) is 2. The van der Waals surface area contributed by atoms with Crippen LogP contribution in [-0.2, 0) is 4.74 Å². The first-order valence-corrected chi connectivity index (χ1v) is 8.67. The smallest absolute Gasteiger partial charge is 0.159 e. The Bertz CT molecular complexity index is 910. The summed E-state index contributed by atoms with van der Waals surface area (Å²) < 4.78 is 7.85. The summed E-state index contributed by atoms with van der Waals surface area (Å²) in [5, 5.41) is 9.00. The van der Waals surface area contributed by atoms with Crippen molar-refractivity contribution in [2.75, 3.05) is 11.9 Å². The molecule has 1 fully saturated rings. The van der Waals surface area contributed by atoms with Gasteiger partial charge in [-0.15, -0.1) is 0 Å². The topological polar surface area (TPSA) is 56.2 Å². The fourth-order valence-corrected chi connectivity index (χ4v) is 3.24. The van der Waals surface area contributed by atoms with Gasteiger partial charge in [-0.05, 0) is 56.5 Å². The third kappa shape index (κ3) is 3.28. The van der Waals surface area contributed by atoms with Gasteiger partial charge in [0.2, 0.25) is 0 Å². The molecule has 5 heteroatoms. The van der Waals surface area contributed by atoms with E-state index < -0.39 is 0 Å². The molecule has 1 unspecified atom stereocenters. The number of hydrogen-bond acceptors (Lipinski definition) is 4. The molecule has 3 aromatic rings. The van der Waals surface area contributed by atoms with E-state index in [-0.39, 0.29) is 12.0 Å². The van der Waals surface area contributed by atoms with Crippen LogP contribution in [0, 0.1) is 0 Å². The summed E-state index contributed by atoms with van der Waals surface area (Å²) in [6.45, 7) is 2.37. The van der Waals surface area contributed by atoms with Crippen molar-refractivity contribution in [3.63, 3.8) is 0 Å². The predicted molar refractivity (Wildman–Crippen MR) is 98.3 cm³/mol. The third-order valence-electron chi connectivity index (χ3n) is 4.58. The zero-order valence-corrected chi connectivity index (χ0v) is 14.2. The summed E-state index contributed by atoms with van der Waals surface area (Å²) in [4.78, 5) is 11.6. The van der Waals surface area contributed by atoms with Gasteiger partial charge in [-0.25, -0.2) is 4.68 Å². The number of hydrogen-bond donors (Lipinski definition) is 1. The van der Waals surface area contributed by atoms with Crippen molar-refractivity contribution < 1.29 is 9.53 Å². The van der Waals surface area contributed by atoms with Gasteiger partial charge >= 0.3 is 0 Å². The lowest BCUT2D eigenvalue weighted by Gasteiger charge is -2.23. The molecule has 0 saturated carbocycles. The van der Waals surface area contributed by atoms with Crippen LogP contribution in [-0.4, -0.2) is 22.2 Å². The Kier molecular flexibility index (Phi) is 4.24. The first kappa shape index (κ1) is 15.8. The zero-order chi connectivity index (χ0) is 17.2. The summed E-state index contributed by atoms with van der Waals surface area (Å²) >= 11 is 0. The van der Waals surface area contributed by atoms with Crippen LogP contribution in [0.5, 0.6) is 0 Å². The van der Waals surface area contributed by atoms with E-state index >= 15 is 0 Å². The highest BCUT2D eigenvalue weighted by Gasteiger charge is 2.18. The van der Waals surface area contributed by atoms with Gasteiger partial charge in [0.25, 0.3) is 0 Å². The first-order chi connectivity index (χ1) is 12.2. The second-order valence-electron chi connectivity index (χ2n) is 6.45. The second-order valence-corrected chi connectivity index (χ2v) is 6.45. The first-order valence-electron chi connectivity index (χ1n) is 8.67. The maximum Gasteiger partial charge on any atom is 0.159 e. The third-order valence-corrected chi connectivity index (χ3v) is 4.58. The molecule has 5 nitrogen and oxygen atoms in total. The highest BCUT2D eigenvalue weighted by atomic mass is 16.5.